The van der Waals surface area contributed by atoms with Crippen molar-refractivity contribution >= 4 is 40.3 Å². The molecule has 0 saturated carbocycles. The Labute approximate surface area is 213 Å². The Morgan fingerprint density at radius 1 is 0.917 bits per heavy atom. The predicted octanol–water partition coefficient (Wildman–Crippen LogP) is 4.50. The Morgan fingerprint density at radius 2 is 1.61 bits per heavy atom. The van der Waals surface area contributed by atoms with Crippen molar-refractivity contribution in [3.05, 3.63) is 108 Å². The minimum absolute atomic E-state index is 0.0122. The number of likely N-dealkylation sites (tertiary alicyclic amines) is 1. The van der Waals surface area contributed by atoms with Crippen molar-refractivity contribution in [3.63, 3.8) is 0 Å². The van der Waals surface area contributed by atoms with Crippen LogP contribution in [0.3, 0.4) is 0 Å². The summed E-state index contributed by atoms with van der Waals surface area (Å²) in [6.45, 7) is 0.331. The molecule has 2 unspecified atom stereocenters. The van der Waals surface area contributed by atoms with Gasteiger partial charge in [0.25, 0.3) is 5.91 Å². The summed E-state index contributed by atoms with van der Waals surface area (Å²) in [4.78, 5) is 46.8. The van der Waals surface area contributed by atoms with E-state index in [1.54, 1.807) is 11.0 Å². The molecule has 4 aromatic rings. The summed E-state index contributed by atoms with van der Waals surface area (Å²) < 4.78 is 0. The van der Waals surface area contributed by atoms with E-state index in [0.29, 0.717) is 24.9 Å². The standard InChI is InChI=1S/C29H25N3O3S/c33-26-17-18-32(29(26)36-22-12-5-2-6-13-22)28(35)25(19-20-9-3-1-4-10-20)31-27(34)24-16-15-21-11-7-8-14-23(21)30-24/h1-16,25,29H,17-19H2,(H,31,34). The molecule has 7 heteroatoms. The van der Waals surface area contributed by atoms with Gasteiger partial charge >= 0.3 is 0 Å². The van der Waals surface area contributed by atoms with E-state index in [-0.39, 0.29) is 17.4 Å². The molecule has 1 fully saturated rings. The number of aromatic nitrogens is 1. The summed E-state index contributed by atoms with van der Waals surface area (Å²) in [5.74, 6) is -0.682. The molecule has 1 N–H and O–H groups in total. The summed E-state index contributed by atoms with van der Waals surface area (Å²) >= 11 is 1.37. The lowest BCUT2D eigenvalue weighted by molar-refractivity contribution is -0.134. The normalized spacial score (nSPS) is 16.2. The van der Waals surface area contributed by atoms with Crippen LogP contribution >= 0.6 is 11.8 Å². The van der Waals surface area contributed by atoms with Crippen LogP contribution in [0.25, 0.3) is 10.9 Å². The van der Waals surface area contributed by atoms with Crippen LogP contribution in [-0.2, 0) is 16.0 Å². The van der Waals surface area contributed by atoms with E-state index in [4.69, 9.17) is 0 Å². The molecule has 6 nitrogen and oxygen atoms in total. The highest BCUT2D eigenvalue weighted by Crippen LogP contribution is 2.31. The fraction of sp³-hybridized carbons (Fsp3) is 0.172. The number of hydrogen-bond donors (Lipinski definition) is 1. The van der Waals surface area contributed by atoms with E-state index >= 15 is 0 Å². The maximum Gasteiger partial charge on any atom is 0.270 e. The molecule has 1 aliphatic rings. The highest BCUT2D eigenvalue weighted by atomic mass is 32.2. The van der Waals surface area contributed by atoms with Crippen LogP contribution in [0.4, 0.5) is 0 Å². The van der Waals surface area contributed by atoms with E-state index in [1.165, 1.54) is 11.8 Å². The molecule has 0 bridgehead atoms. The van der Waals surface area contributed by atoms with Gasteiger partial charge in [0, 0.05) is 29.7 Å². The van der Waals surface area contributed by atoms with Gasteiger partial charge in [-0.25, -0.2) is 4.98 Å². The molecule has 3 aromatic carbocycles. The van der Waals surface area contributed by atoms with Gasteiger partial charge in [0.2, 0.25) is 5.91 Å². The van der Waals surface area contributed by atoms with E-state index in [0.717, 1.165) is 15.8 Å². The van der Waals surface area contributed by atoms with Gasteiger partial charge in [-0.2, -0.15) is 0 Å². The molecule has 0 aliphatic carbocycles. The number of carbonyl (C=O) groups excluding carboxylic acids is 3. The average Bonchev–Trinajstić information content (AvgIpc) is 3.28. The van der Waals surface area contributed by atoms with Crippen LogP contribution < -0.4 is 5.32 Å². The molecule has 180 valence electrons. The molecule has 2 heterocycles. The van der Waals surface area contributed by atoms with Crippen molar-refractivity contribution < 1.29 is 14.4 Å². The van der Waals surface area contributed by atoms with Crippen LogP contribution in [0, 0.1) is 0 Å². The van der Waals surface area contributed by atoms with Crippen LogP contribution in [0.2, 0.25) is 0 Å². The van der Waals surface area contributed by atoms with Gasteiger partial charge in [-0.1, -0.05) is 84.6 Å². The zero-order valence-electron chi connectivity index (χ0n) is 19.5. The monoisotopic (exact) mass is 495 g/mol. The molecule has 0 radical (unpaired) electrons. The number of hydrogen-bond acceptors (Lipinski definition) is 5. The molecule has 5 rings (SSSR count). The highest BCUT2D eigenvalue weighted by molar-refractivity contribution is 8.00. The first-order chi connectivity index (χ1) is 17.6. The molecular formula is C29H25N3O3S. The van der Waals surface area contributed by atoms with Gasteiger partial charge in [0.05, 0.1) is 5.52 Å². The zero-order valence-corrected chi connectivity index (χ0v) is 20.4. The minimum atomic E-state index is -0.835. The van der Waals surface area contributed by atoms with E-state index in [9.17, 15) is 14.4 Å². The van der Waals surface area contributed by atoms with Crippen molar-refractivity contribution in [2.45, 2.75) is 29.2 Å². The molecule has 36 heavy (non-hydrogen) atoms. The third-order valence-electron chi connectivity index (χ3n) is 6.15. The maximum atomic E-state index is 13.8. The molecular weight excluding hydrogens is 470 g/mol. The number of benzene rings is 3. The second-order valence-corrected chi connectivity index (χ2v) is 9.79. The van der Waals surface area contributed by atoms with E-state index in [2.05, 4.69) is 10.3 Å². The van der Waals surface area contributed by atoms with Gasteiger partial charge in [0.1, 0.15) is 17.1 Å². The summed E-state index contributed by atoms with van der Waals surface area (Å²) in [7, 11) is 0. The number of ketones is 1. The van der Waals surface area contributed by atoms with Gasteiger partial charge in [0.15, 0.2) is 5.78 Å². The first kappa shape index (κ1) is 23.8. The van der Waals surface area contributed by atoms with Crippen LogP contribution in [0.15, 0.2) is 102 Å². The number of thioether (sulfide) groups is 1. The SMILES string of the molecule is O=C(NC(Cc1ccccc1)C(=O)N1CCC(=O)C1Sc1ccccc1)c1ccc2ccccc2n1. The number of pyridine rings is 1. The average molecular weight is 496 g/mol. The first-order valence-electron chi connectivity index (χ1n) is 11.8. The van der Waals surface area contributed by atoms with Crippen LogP contribution in [0.5, 0.6) is 0 Å². The minimum Gasteiger partial charge on any atom is -0.339 e. The Hall–Kier alpha value is -3.97. The van der Waals surface area contributed by atoms with E-state index in [1.807, 2.05) is 91.0 Å². The molecule has 0 spiro atoms. The number of para-hydroxylation sites is 1. The smallest absolute Gasteiger partial charge is 0.270 e. The quantitative estimate of drug-likeness (QED) is 0.409. The van der Waals surface area contributed by atoms with Crippen molar-refractivity contribution in [2.75, 3.05) is 6.54 Å². The predicted molar refractivity (Wildman–Crippen MR) is 141 cm³/mol. The molecule has 1 aromatic heterocycles. The Bertz CT molecular complexity index is 1390. The molecule has 1 aliphatic heterocycles. The lowest BCUT2D eigenvalue weighted by atomic mass is 10.0. The first-order valence-corrected chi connectivity index (χ1v) is 12.7. The number of nitrogens with one attached hydrogen (secondary N) is 1. The van der Waals surface area contributed by atoms with Crippen molar-refractivity contribution in [2.24, 2.45) is 0 Å². The molecule has 1 saturated heterocycles. The fourth-order valence-corrected chi connectivity index (χ4v) is 5.46. The number of Topliss-reactive ketones (excluding diaryl/α,β-unsaturated/α-hetero) is 1. The summed E-state index contributed by atoms with van der Waals surface area (Å²) in [6.07, 6.45) is 0.612. The zero-order chi connectivity index (χ0) is 24.9. The summed E-state index contributed by atoms with van der Waals surface area (Å²) in [5.41, 5.74) is 1.87. The van der Waals surface area contributed by atoms with Crippen LogP contribution in [0.1, 0.15) is 22.5 Å². The topological polar surface area (TPSA) is 79.4 Å². The van der Waals surface area contributed by atoms with Crippen molar-refractivity contribution in [1.82, 2.24) is 15.2 Å². The number of rotatable bonds is 7. The van der Waals surface area contributed by atoms with Gasteiger partial charge < -0.3 is 10.2 Å². The largest absolute Gasteiger partial charge is 0.339 e. The maximum absolute atomic E-state index is 13.8. The number of fused-ring (bicyclic) bond motifs is 1. The Balaban J connectivity index is 1.40. The summed E-state index contributed by atoms with van der Waals surface area (Å²) in [5, 5.41) is 3.23. The third kappa shape index (κ3) is 5.31. The number of nitrogens with zero attached hydrogens (tertiary/aromatic N) is 2. The fourth-order valence-electron chi connectivity index (χ4n) is 4.30. The van der Waals surface area contributed by atoms with Crippen LogP contribution in [-0.4, -0.2) is 45.4 Å². The highest BCUT2D eigenvalue weighted by Gasteiger charge is 2.39. The van der Waals surface area contributed by atoms with E-state index < -0.39 is 17.3 Å². The molecule has 2 amide bonds. The Kier molecular flexibility index (Phi) is 7.09. The number of amides is 2. The van der Waals surface area contributed by atoms with Crippen molar-refractivity contribution in [1.29, 1.82) is 0 Å². The summed E-state index contributed by atoms with van der Waals surface area (Å²) in [6, 6.07) is 29.4. The Morgan fingerprint density at radius 3 is 2.39 bits per heavy atom. The number of carbonyl (C=O) groups is 3. The second kappa shape index (κ2) is 10.7. The van der Waals surface area contributed by atoms with Gasteiger partial charge in [-0.15, -0.1) is 0 Å². The lowest BCUT2D eigenvalue weighted by Crippen LogP contribution is -2.51. The third-order valence-corrected chi connectivity index (χ3v) is 7.43. The second-order valence-electron chi connectivity index (χ2n) is 8.64. The van der Waals surface area contributed by atoms with Crippen molar-refractivity contribution in [3.8, 4) is 0 Å². The van der Waals surface area contributed by atoms with Gasteiger partial charge in [-0.3, -0.25) is 14.4 Å². The van der Waals surface area contributed by atoms with Gasteiger partial charge in [-0.05, 0) is 29.8 Å². The molecule has 2 atom stereocenters. The lowest BCUT2D eigenvalue weighted by Gasteiger charge is -2.28.